The lowest BCUT2D eigenvalue weighted by molar-refractivity contribution is 0.414. The third-order valence-corrected chi connectivity index (χ3v) is 4.86. The van der Waals surface area contributed by atoms with Crippen molar-refractivity contribution in [2.45, 2.75) is 26.2 Å². The van der Waals surface area contributed by atoms with Crippen LogP contribution in [0.1, 0.15) is 24.7 Å². The van der Waals surface area contributed by atoms with E-state index in [2.05, 4.69) is 32.7 Å². The first-order valence-electron chi connectivity index (χ1n) is 9.84. The van der Waals surface area contributed by atoms with Crippen LogP contribution in [0, 0.1) is 0 Å². The van der Waals surface area contributed by atoms with Gasteiger partial charge in [-0.05, 0) is 49.6 Å². The summed E-state index contributed by atoms with van der Waals surface area (Å²) in [5.74, 6) is 2.54. The van der Waals surface area contributed by atoms with E-state index in [0.717, 1.165) is 61.1 Å². The normalized spacial score (nSPS) is 11.2. The third-order valence-electron chi connectivity index (χ3n) is 4.50. The zero-order valence-electron chi connectivity index (χ0n) is 17.3. The molecule has 30 heavy (non-hydrogen) atoms. The van der Waals surface area contributed by atoms with Crippen LogP contribution in [0.25, 0.3) is 5.65 Å². The van der Waals surface area contributed by atoms with Crippen LogP contribution in [0.15, 0.2) is 47.6 Å². The Balaban J connectivity index is 0.00000320. The average molecular weight is 543 g/mol. The number of aliphatic imine (C=N–C) groups is 1. The van der Waals surface area contributed by atoms with Crippen molar-refractivity contribution in [1.82, 2.24) is 25.2 Å². The molecule has 7 nitrogen and oxygen atoms in total. The Morgan fingerprint density at radius 2 is 2.03 bits per heavy atom. The van der Waals surface area contributed by atoms with Crippen molar-refractivity contribution in [3.8, 4) is 5.75 Å². The summed E-state index contributed by atoms with van der Waals surface area (Å²) in [5.41, 5.74) is 1.95. The molecule has 0 bridgehead atoms. The number of aryl methyl sites for hydroxylation is 1. The molecule has 1 aromatic carbocycles. The highest BCUT2D eigenvalue weighted by atomic mass is 127. The maximum atomic E-state index is 6.31. The van der Waals surface area contributed by atoms with E-state index in [4.69, 9.17) is 16.3 Å². The summed E-state index contributed by atoms with van der Waals surface area (Å²) in [7, 11) is 1.64. The molecule has 0 spiro atoms. The van der Waals surface area contributed by atoms with E-state index >= 15 is 0 Å². The maximum Gasteiger partial charge on any atom is 0.191 e. The predicted octanol–water partition coefficient (Wildman–Crippen LogP) is 3.74. The van der Waals surface area contributed by atoms with Gasteiger partial charge < -0.3 is 15.4 Å². The van der Waals surface area contributed by atoms with Crippen molar-refractivity contribution in [2.75, 3.05) is 26.7 Å². The van der Waals surface area contributed by atoms with Gasteiger partial charge in [-0.15, -0.1) is 34.2 Å². The highest BCUT2D eigenvalue weighted by Crippen LogP contribution is 2.22. The van der Waals surface area contributed by atoms with Crippen molar-refractivity contribution < 1.29 is 4.74 Å². The van der Waals surface area contributed by atoms with Crippen molar-refractivity contribution in [3.05, 3.63) is 59.0 Å². The molecule has 0 aliphatic heterocycles. The van der Waals surface area contributed by atoms with Gasteiger partial charge in [-0.25, -0.2) is 0 Å². The topological polar surface area (TPSA) is 75.8 Å². The fourth-order valence-electron chi connectivity index (χ4n) is 3.00. The second-order valence-corrected chi connectivity index (χ2v) is 6.95. The maximum absolute atomic E-state index is 6.31. The quantitative estimate of drug-likeness (QED) is 0.186. The molecule has 0 radical (unpaired) electrons. The Bertz CT molecular complexity index is 962. The van der Waals surface area contributed by atoms with Crippen molar-refractivity contribution >= 4 is 47.2 Å². The van der Waals surface area contributed by atoms with Gasteiger partial charge in [0.15, 0.2) is 11.6 Å². The van der Waals surface area contributed by atoms with Gasteiger partial charge in [-0.2, -0.15) is 0 Å². The van der Waals surface area contributed by atoms with E-state index in [9.17, 15) is 0 Å². The summed E-state index contributed by atoms with van der Waals surface area (Å²) in [6, 6.07) is 11.7. The minimum Gasteiger partial charge on any atom is -0.497 e. The summed E-state index contributed by atoms with van der Waals surface area (Å²) >= 11 is 6.31. The minimum atomic E-state index is 0. The van der Waals surface area contributed by atoms with Gasteiger partial charge >= 0.3 is 0 Å². The summed E-state index contributed by atoms with van der Waals surface area (Å²) in [5, 5.41) is 15.8. The first-order chi connectivity index (χ1) is 14.2. The SMILES string of the molecule is CCNC(=NCCCc1nnc2ccccn12)NCCc1ccc(OC)cc1Cl.I. The number of ether oxygens (including phenoxy) is 1. The largest absolute Gasteiger partial charge is 0.497 e. The minimum absolute atomic E-state index is 0. The molecule has 2 heterocycles. The van der Waals surface area contributed by atoms with E-state index in [0.29, 0.717) is 11.6 Å². The molecule has 9 heteroatoms. The lowest BCUT2D eigenvalue weighted by Gasteiger charge is -2.12. The molecule has 3 aromatic rings. The average Bonchev–Trinajstić information content (AvgIpc) is 3.15. The molecule has 0 aliphatic rings. The lowest BCUT2D eigenvalue weighted by Crippen LogP contribution is -2.38. The van der Waals surface area contributed by atoms with Crippen LogP contribution in [0.2, 0.25) is 5.02 Å². The van der Waals surface area contributed by atoms with Gasteiger partial charge in [-0.3, -0.25) is 9.39 Å². The summed E-state index contributed by atoms with van der Waals surface area (Å²) in [6.07, 6.45) is 4.52. The number of rotatable bonds is 9. The molecule has 0 amide bonds. The predicted molar refractivity (Wildman–Crippen MR) is 132 cm³/mol. The summed E-state index contributed by atoms with van der Waals surface area (Å²) in [4.78, 5) is 4.66. The van der Waals surface area contributed by atoms with Crippen LogP contribution in [-0.2, 0) is 12.8 Å². The molecule has 2 aromatic heterocycles. The Morgan fingerprint density at radius 1 is 1.17 bits per heavy atom. The van der Waals surface area contributed by atoms with Gasteiger partial charge in [0.2, 0.25) is 0 Å². The molecule has 0 saturated heterocycles. The molecule has 0 aliphatic carbocycles. The Labute approximate surface area is 199 Å². The highest BCUT2D eigenvalue weighted by molar-refractivity contribution is 14.0. The van der Waals surface area contributed by atoms with Crippen LogP contribution < -0.4 is 15.4 Å². The van der Waals surface area contributed by atoms with Gasteiger partial charge in [0, 0.05) is 37.3 Å². The molecule has 162 valence electrons. The standard InChI is InChI=1S/C21H27ClN6O.HI/c1-3-23-21(25-13-11-16-9-10-17(29-2)15-18(16)22)24-12-6-8-20-27-26-19-7-4-5-14-28(19)20;/h4-5,7,9-10,14-15H,3,6,8,11-13H2,1-2H3,(H2,23,24,25);1H. The zero-order chi connectivity index (χ0) is 20.5. The van der Waals surface area contributed by atoms with Crippen molar-refractivity contribution in [1.29, 1.82) is 0 Å². The Morgan fingerprint density at radius 3 is 2.80 bits per heavy atom. The van der Waals surface area contributed by atoms with Crippen molar-refractivity contribution in [3.63, 3.8) is 0 Å². The number of hydrogen-bond acceptors (Lipinski definition) is 4. The number of methoxy groups -OCH3 is 1. The van der Waals surface area contributed by atoms with Crippen LogP contribution in [0.3, 0.4) is 0 Å². The van der Waals surface area contributed by atoms with Gasteiger partial charge in [0.1, 0.15) is 11.6 Å². The number of guanidine groups is 1. The smallest absolute Gasteiger partial charge is 0.191 e. The summed E-state index contributed by atoms with van der Waals surface area (Å²) < 4.78 is 7.21. The molecule has 0 atom stereocenters. The Kier molecular flexibility index (Phi) is 10.2. The highest BCUT2D eigenvalue weighted by Gasteiger charge is 2.05. The molecular weight excluding hydrogens is 515 g/mol. The Hall–Kier alpha value is -2.07. The van der Waals surface area contributed by atoms with Gasteiger partial charge in [0.25, 0.3) is 0 Å². The van der Waals surface area contributed by atoms with Gasteiger partial charge in [-0.1, -0.05) is 23.7 Å². The van der Waals surface area contributed by atoms with E-state index < -0.39 is 0 Å². The number of fused-ring (bicyclic) bond motifs is 1. The number of pyridine rings is 1. The van der Waals surface area contributed by atoms with Crippen LogP contribution in [0.5, 0.6) is 5.75 Å². The number of hydrogen-bond donors (Lipinski definition) is 2. The zero-order valence-corrected chi connectivity index (χ0v) is 20.4. The first-order valence-corrected chi connectivity index (χ1v) is 10.2. The molecular formula is C21H28ClIN6O. The molecule has 2 N–H and O–H groups in total. The fourth-order valence-corrected chi connectivity index (χ4v) is 3.27. The number of nitrogens with zero attached hydrogens (tertiary/aromatic N) is 4. The van der Waals surface area contributed by atoms with E-state index in [1.54, 1.807) is 7.11 Å². The van der Waals surface area contributed by atoms with E-state index in [1.165, 1.54) is 0 Å². The van der Waals surface area contributed by atoms with E-state index in [1.807, 2.05) is 47.0 Å². The molecule has 0 unspecified atom stereocenters. The molecule has 3 rings (SSSR count). The fraction of sp³-hybridized carbons (Fsp3) is 0.381. The summed E-state index contributed by atoms with van der Waals surface area (Å²) in [6.45, 7) is 4.32. The van der Waals surface area contributed by atoms with Gasteiger partial charge in [0.05, 0.1) is 7.11 Å². The number of benzene rings is 1. The third kappa shape index (κ3) is 6.73. The van der Waals surface area contributed by atoms with E-state index in [-0.39, 0.29) is 24.0 Å². The number of halogens is 2. The molecule has 0 fully saturated rings. The lowest BCUT2D eigenvalue weighted by atomic mass is 10.1. The second-order valence-electron chi connectivity index (χ2n) is 6.54. The second kappa shape index (κ2) is 12.6. The molecule has 0 saturated carbocycles. The van der Waals surface area contributed by atoms with Crippen LogP contribution in [-0.4, -0.2) is 47.3 Å². The number of nitrogens with one attached hydrogen (secondary N) is 2. The van der Waals surface area contributed by atoms with Crippen LogP contribution >= 0.6 is 35.6 Å². The first kappa shape index (κ1) is 24.2. The monoisotopic (exact) mass is 542 g/mol. The van der Waals surface area contributed by atoms with Crippen LogP contribution in [0.4, 0.5) is 0 Å². The van der Waals surface area contributed by atoms with Crippen molar-refractivity contribution in [2.24, 2.45) is 4.99 Å². The number of aromatic nitrogens is 3.